The first kappa shape index (κ1) is 13.7. The van der Waals surface area contributed by atoms with Crippen LogP contribution in [0, 0.1) is 5.82 Å². The lowest BCUT2D eigenvalue weighted by molar-refractivity contribution is 0.0947. The molecule has 1 amide bonds. The van der Waals surface area contributed by atoms with E-state index in [-0.39, 0.29) is 23.9 Å². The van der Waals surface area contributed by atoms with Crippen molar-refractivity contribution in [2.75, 3.05) is 6.79 Å². The van der Waals surface area contributed by atoms with Crippen molar-refractivity contribution < 1.29 is 18.7 Å². The number of fused-ring (bicyclic) bond motifs is 1. The number of nitrogens with one attached hydrogen (secondary N) is 1. The number of halogens is 2. The predicted molar refractivity (Wildman–Crippen MR) is 75.1 cm³/mol. The van der Waals surface area contributed by atoms with E-state index in [1.54, 1.807) is 18.2 Å². The summed E-state index contributed by atoms with van der Waals surface area (Å²) in [5.41, 5.74) is 0.667. The third-order valence-corrected chi connectivity index (χ3v) is 3.39. The molecule has 1 heterocycles. The van der Waals surface area contributed by atoms with Gasteiger partial charge in [-0.15, -0.1) is 0 Å². The molecule has 1 N–H and O–H groups in total. The third-order valence-electron chi connectivity index (χ3n) is 3.08. The normalized spacial score (nSPS) is 12.3. The first-order chi connectivity index (χ1) is 10.1. The molecule has 4 nitrogen and oxygen atoms in total. The topological polar surface area (TPSA) is 47.6 Å². The number of hydrogen-bond donors (Lipinski definition) is 1. The molecule has 0 aromatic heterocycles. The van der Waals surface area contributed by atoms with Crippen LogP contribution in [-0.2, 0) is 6.54 Å². The summed E-state index contributed by atoms with van der Waals surface area (Å²) in [6, 6.07) is 9.45. The van der Waals surface area contributed by atoms with E-state index in [0.717, 1.165) is 5.56 Å². The Labute approximate surface area is 125 Å². The van der Waals surface area contributed by atoms with Gasteiger partial charge < -0.3 is 14.8 Å². The van der Waals surface area contributed by atoms with Crippen molar-refractivity contribution in [1.29, 1.82) is 0 Å². The second-order valence-electron chi connectivity index (χ2n) is 4.47. The Balaban J connectivity index is 1.71. The molecular weight excluding hydrogens is 297 g/mol. The summed E-state index contributed by atoms with van der Waals surface area (Å²) in [4.78, 5) is 12.0. The highest BCUT2D eigenvalue weighted by atomic mass is 35.5. The number of carbonyl (C=O) groups is 1. The Hall–Kier alpha value is -2.27. The quantitative estimate of drug-likeness (QED) is 0.947. The van der Waals surface area contributed by atoms with E-state index < -0.39 is 11.7 Å². The van der Waals surface area contributed by atoms with Crippen LogP contribution in [0.4, 0.5) is 4.39 Å². The summed E-state index contributed by atoms with van der Waals surface area (Å²) in [6.07, 6.45) is 0. The maximum Gasteiger partial charge on any atom is 0.256 e. The van der Waals surface area contributed by atoms with Gasteiger partial charge in [0, 0.05) is 6.54 Å². The highest BCUT2D eigenvalue weighted by Gasteiger charge is 2.16. The molecule has 0 saturated heterocycles. The zero-order valence-corrected chi connectivity index (χ0v) is 11.6. The lowest BCUT2D eigenvalue weighted by Crippen LogP contribution is -2.24. The van der Waals surface area contributed by atoms with Crippen molar-refractivity contribution in [3.05, 3.63) is 58.4 Å². The Morgan fingerprint density at radius 3 is 2.86 bits per heavy atom. The number of rotatable bonds is 3. The predicted octanol–water partition coefficient (Wildman–Crippen LogP) is 3.14. The largest absolute Gasteiger partial charge is 0.454 e. The number of ether oxygens (including phenoxy) is 2. The Morgan fingerprint density at radius 2 is 2.05 bits per heavy atom. The van der Waals surface area contributed by atoms with Crippen LogP contribution in [0.25, 0.3) is 0 Å². The summed E-state index contributed by atoms with van der Waals surface area (Å²) in [7, 11) is 0. The van der Waals surface area contributed by atoms with Crippen LogP contribution < -0.4 is 14.8 Å². The highest BCUT2D eigenvalue weighted by Crippen LogP contribution is 2.32. The van der Waals surface area contributed by atoms with E-state index in [4.69, 9.17) is 21.1 Å². The first-order valence-corrected chi connectivity index (χ1v) is 6.63. The molecule has 0 unspecified atom stereocenters. The third kappa shape index (κ3) is 2.78. The van der Waals surface area contributed by atoms with Gasteiger partial charge in [0.1, 0.15) is 5.82 Å². The van der Waals surface area contributed by atoms with Crippen LogP contribution in [0.3, 0.4) is 0 Å². The van der Waals surface area contributed by atoms with Gasteiger partial charge in [-0.25, -0.2) is 4.39 Å². The fourth-order valence-corrected chi connectivity index (χ4v) is 2.29. The van der Waals surface area contributed by atoms with Gasteiger partial charge >= 0.3 is 0 Å². The smallest absolute Gasteiger partial charge is 0.256 e. The van der Waals surface area contributed by atoms with Gasteiger partial charge in [-0.05, 0) is 29.8 Å². The summed E-state index contributed by atoms with van der Waals surface area (Å²) in [5.74, 6) is 0.0920. The first-order valence-electron chi connectivity index (χ1n) is 6.26. The average Bonchev–Trinajstić information content (AvgIpc) is 2.92. The maximum atomic E-state index is 13.6. The van der Waals surface area contributed by atoms with Gasteiger partial charge in [-0.3, -0.25) is 4.79 Å². The van der Waals surface area contributed by atoms with Crippen molar-refractivity contribution in [2.24, 2.45) is 0 Å². The molecular formula is C15H11ClFNO3. The monoisotopic (exact) mass is 307 g/mol. The molecule has 6 heteroatoms. The van der Waals surface area contributed by atoms with Crippen LogP contribution in [0.1, 0.15) is 15.9 Å². The molecule has 108 valence electrons. The van der Waals surface area contributed by atoms with E-state index in [9.17, 15) is 9.18 Å². The molecule has 0 spiro atoms. The van der Waals surface area contributed by atoms with Crippen LogP contribution in [0.15, 0.2) is 36.4 Å². The lowest BCUT2D eigenvalue weighted by Gasteiger charge is -2.08. The van der Waals surface area contributed by atoms with Crippen LogP contribution in [-0.4, -0.2) is 12.7 Å². The van der Waals surface area contributed by atoms with E-state index in [1.165, 1.54) is 18.2 Å². The molecule has 1 aliphatic heterocycles. The molecule has 0 saturated carbocycles. The van der Waals surface area contributed by atoms with Gasteiger partial charge in [0.25, 0.3) is 5.91 Å². The summed E-state index contributed by atoms with van der Waals surface area (Å²) < 4.78 is 24.1. The standard InChI is InChI=1S/C15H11ClFNO3/c16-10-2-1-3-11(17)14(10)15(19)18-7-9-4-5-12-13(6-9)21-8-20-12/h1-6H,7-8H2,(H,18,19). The Bertz CT molecular complexity index is 685. The number of amides is 1. The van der Waals surface area contributed by atoms with Gasteiger partial charge in [0.2, 0.25) is 6.79 Å². The fourth-order valence-electron chi connectivity index (χ4n) is 2.04. The minimum Gasteiger partial charge on any atom is -0.454 e. The Morgan fingerprint density at radius 1 is 1.24 bits per heavy atom. The van der Waals surface area contributed by atoms with E-state index in [0.29, 0.717) is 11.5 Å². The van der Waals surface area contributed by atoms with Crippen molar-refractivity contribution in [1.82, 2.24) is 5.32 Å². The average molecular weight is 308 g/mol. The van der Waals surface area contributed by atoms with Crippen molar-refractivity contribution in [3.63, 3.8) is 0 Å². The second kappa shape index (κ2) is 5.61. The molecule has 0 radical (unpaired) electrons. The van der Waals surface area contributed by atoms with Crippen molar-refractivity contribution in [3.8, 4) is 11.5 Å². The molecule has 2 aromatic carbocycles. The van der Waals surface area contributed by atoms with Crippen LogP contribution >= 0.6 is 11.6 Å². The SMILES string of the molecule is O=C(NCc1ccc2c(c1)OCO2)c1c(F)cccc1Cl. The Kier molecular flexibility index (Phi) is 3.66. The fraction of sp³-hybridized carbons (Fsp3) is 0.133. The van der Waals surface area contributed by atoms with Crippen molar-refractivity contribution in [2.45, 2.75) is 6.54 Å². The zero-order chi connectivity index (χ0) is 14.8. The van der Waals surface area contributed by atoms with Crippen LogP contribution in [0.2, 0.25) is 5.02 Å². The summed E-state index contributed by atoms with van der Waals surface area (Å²) in [5, 5.41) is 2.71. The molecule has 1 aliphatic rings. The zero-order valence-electron chi connectivity index (χ0n) is 10.9. The molecule has 0 atom stereocenters. The van der Waals surface area contributed by atoms with Gasteiger partial charge in [-0.2, -0.15) is 0 Å². The number of hydrogen-bond acceptors (Lipinski definition) is 3. The minimum atomic E-state index is -0.648. The van der Waals surface area contributed by atoms with Gasteiger partial charge in [0.05, 0.1) is 10.6 Å². The van der Waals surface area contributed by atoms with E-state index >= 15 is 0 Å². The molecule has 2 aromatic rings. The molecule has 0 aliphatic carbocycles. The molecule has 3 rings (SSSR count). The summed E-state index contributed by atoms with van der Waals surface area (Å²) >= 11 is 5.85. The highest BCUT2D eigenvalue weighted by molar-refractivity contribution is 6.33. The number of benzene rings is 2. The van der Waals surface area contributed by atoms with E-state index in [2.05, 4.69) is 5.32 Å². The van der Waals surface area contributed by atoms with Crippen molar-refractivity contribution >= 4 is 17.5 Å². The lowest BCUT2D eigenvalue weighted by atomic mass is 10.1. The molecule has 0 fully saturated rings. The number of carbonyl (C=O) groups excluding carboxylic acids is 1. The van der Waals surface area contributed by atoms with Gasteiger partial charge in [-0.1, -0.05) is 23.7 Å². The summed E-state index contributed by atoms with van der Waals surface area (Å²) in [6.45, 7) is 0.427. The molecule has 21 heavy (non-hydrogen) atoms. The van der Waals surface area contributed by atoms with E-state index in [1.807, 2.05) is 0 Å². The maximum absolute atomic E-state index is 13.6. The van der Waals surface area contributed by atoms with Gasteiger partial charge in [0.15, 0.2) is 11.5 Å². The second-order valence-corrected chi connectivity index (χ2v) is 4.87. The molecule has 0 bridgehead atoms. The van der Waals surface area contributed by atoms with Crippen LogP contribution in [0.5, 0.6) is 11.5 Å². The minimum absolute atomic E-state index is 0.0817.